The molecule has 0 saturated heterocycles. The maximum Gasteiger partial charge on any atom is 0.0335 e. The normalized spacial score (nSPS) is 18.5. The number of rotatable bonds is 4. The number of hydrogen-bond acceptors (Lipinski definition) is 2. The molecule has 1 aliphatic rings. The van der Waals surface area contributed by atoms with E-state index in [0.717, 1.165) is 5.92 Å². The molecule has 2 heteroatoms. The van der Waals surface area contributed by atoms with Crippen molar-refractivity contribution in [1.29, 1.82) is 0 Å². The molecule has 0 amide bonds. The van der Waals surface area contributed by atoms with Crippen molar-refractivity contribution in [3.05, 3.63) is 29.6 Å². The van der Waals surface area contributed by atoms with Crippen molar-refractivity contribution in [2.45, 2.75) is 38.6 Å². The molecule has 1 N–H and O–H groups in total. The number of nitrogens with one attached hydrogen (secondary N) is 1. The van der Waals surface area contributed by atoms with E-state index in [4.69, 9.17) is 0 Å². The molecule has 1 aromatic heterocycles. The molecule has 1 fully saturated rings. The first kappa shape index (κ1) is 10.6. The monoisotopic (exact) mass is 204 g/mol. The van der Waals surface area contributed by atoms with E-state index in [1.807, 2.05) is 19.4 Å². The molecule has 1 atom stereocenters. The molecule has 1 unspecified atom stereocenters. The number of aromatic nitrogens is 1. The Bertz CT molecular complexity index is 318. The van der Waals surface area contributed by atoms with Gasteiger partial charge in [-0.05, 0) is 37.4 Å². The van der Waals surface area contributed by atoms with E-state index in [-0.39, 0.29) is 0 Å². The van der Waals surface area contributed by atoms with E-state index in [2.05, 4.69) is 23.3 Å². The second kappa shape index (κ2) is 4.75. The summed E-state index contributed by atoms with van der Waals surface area (Å²) >= 11 is 0. The zero-order chi connectivity index (χ0) is 10.7. The minimum Gasteiger partial charge on any atom is -0.313 e. The summed E-state index contributed by atoms with van der Waals surface area (Å²) in [5.41, 5.74) is 2.59. The van der Waals surface area contributed by atoms with Crippen molar-refractivity contribution in [3.63, 3.8) is 0 Å². The molecule has 1 aliphatic carbocycles. The standard InChI is InChI=1S/C13H20N2/c1-10-6-12(9-15-8-10)13(14-2)7-11-4-3-5-11/h6,8-9,11,13-14H,3-5,7H2,1-2H3. The van der Waals surface area contributed by atoms with Gasteiger partial charge in [0.15, 0.2) is 0 Å². The van der Waals surface area contributed by atoms with Crippen molar-refractivity contribution in [2.24, 2.45) is 5.92 Å². The molecular formula is C13H20N2. The molecule has 1 saturated carbocycles. The van der Waals surface area contributed by atoms with Crippen LogP contribution in [0.5, 0.6) is 0 Å². The van der Waals surface area contributed by atoms with E-state index in [9.17, 15) is 0 Å². The second-order valence-corrected chi connectivity index (χ2v) is 4.67. The number of pyridine rings is 1. The van der Waals surface area contributed by atoms with Crippen LogP contribution in [0.2, 0.25) is 0 Å². The summed E-state index contributed by atoms with van der Waals surface area (Å²) in [4.78, 5) is 4.26. The summed E-state index contributed by atoms with van der Waals surface area (Å²) < 4.78 is 0. The van der Waals surface area contributed by atoms with Crippen LogP contribution in [0.3, 0.4) is 0 Å². The van der Waals surface area contributed by atoms with Gasteiger partial charge in [0, 0.05) is 18.4 Å². The Morgan fingerprint density at radius 2 is 2.27 bits per heavy atom. The van der Waals surface area contributed by atoms with Gasteiger partial charge in [-0.1, -0.05) is 25.3 Å². The fourth-order valence-electron chi connectivity index (χ4n) is 2.25. The fraction of sp³-hybridized carbons (Fsp3) is 0.615. The lowest BCUT2D eigenvalue weighted by molar-refractivity contribution is 0.265. The van der Waals surface area contributed by atoms with Crippen molar-refractivity contribution < 1.29 is 0 Å². The van der Waals surface area contributed by atoms with E-state index < -0.39 is 0 Å². The van der Waals surface area contributed by atoms with E-state index >= 15 is 0 Å². The molecule has 1 aromatic rings. The third kappa shape index (κ3) is 2.57. The number of hydrogen-bond donors (Lipinski definition) is 1. The lowest BCUT2D eigenvalue weighted by Crippen LogP contribution is -2.23. The van der Waals surface area contributed by atoms with Crippen LogP contribution in [0.15, 0.2) is 18.5 Å². The van der Waals surface area contributed by atoms with Crippen molar-refractivity contribution in [3.8, 4) is 0 Å². The summed E-state index contributed by atoms with van der Waals surface area (Å²) in [5, 5.41) is 3.40. The van der Waals surface area contributed by atoms with Crippen LogP contribution >= 0.6 is 0 Å². The highest BCUT2D eigenvalue weighted by Crippen LogP contribution is 2.34. The van der Waals surface area contributed by atoms with Crippen LogP contribution in [-0.2, 0) is 0 Å². The van der Waals surface area contributed by atoms with Crippen LogP contribution in [0, 0.1) is 12.8 Å². The quantitative estimate of drug-likeness (QED) is 0.815. The Kier molecular flexibility index (Phi) is 3.37. The molecule has 0 bridgehead atoms. The molecule has 0 aliphatic heterocycles. The molecule has 2 rings (SSSR count). The van der Waals surface area contributed by atoms with Crippen LogP contribution in [-0.4, -0.2) is 12.0 Å². The number of nitrogens with zero attached hydrogens (tertiary/aromatic N) is 1. The molecule has 82 valence electrons. The predicted octanol–water partition coefficient (Wildman–Crippen LogP) is 2.84. The Labute approximate surface area is 92.1 Å². The minimum atomic E-state index is 0.489. The van der Waals surface area contributed by atoms with Gasteiger partial charge in [0.1, 0.15) is 0 Å². The first-order valence-corrected chi connectivity index (χ1v) is 5.88. The summed E-state index contributed by atoms with van der Waals surface area (Å²) in [6.07, 6.45) is 9.43. The van der Waals surface area contributed by atoms with Crippen LogP contribution < -0.4 is 5.32 Å². The Morgan fingerprint density at radius 3 is 2.80 bits per heavy atom. The van der Waals surface area contributed by atoms with Crippen molar-refractivity contribution >= 4 is 0 Å². The summed E-state index contributed by atoms with van der Waals surface area (Å²) in [6, 6.07) is 2.73. The summed E-state index contributed by atoms with van der Waals surface area (Å²) in [7, 11) is 2.05. The lowest BCUT2D eigenvalue weighted by atomic mass is 9.80. The molecule has 0 spiro atoms. The van der Waals surface area contributed by atoms with E-state index in [1.165, 1.54) is 36.8 Å². The zero-order valence-corrected chi connectivity index (χ0v) is 9.66. The van der Waals surface area contributed by atoms with Gasteiger partial charge in [-0.25, -0.2) is 0 Å². The molecule has 0 aromatic carbocycles. The van der Waals surface area contributed by atoms with Gasteiger partial charge < -0.3 is 5.32 Å². The fourth-order valence-corrected chi connectivity index (χ4v) is 2.25. The number of aryl methyl sites for hydroxylation is 1. The molecule has 1 heterocycles. The van der Waals surface area contributed by atoms with Crippen LogP contribution in [0.4, 0.5) is 0 Å². The van der Waals surface area contributed by atoms with Gasteiger partial charge in [0.05, 0.1) is 0 Å². The minimum absolute atomic E-state index is 0.489. The van der Waals surface area contributed by atoms with Gasteiger partial charge in [0.2, 0.25) is 0 Å². The topological polar surface area (TPSA) is 24.9 Å². The summed E-state index contributed by atoms with van der Waals surface area (Å²) in [6.45, 7) is 2.10. The SMILES string of the molecule is CNC(CC1CCC1)c1cncc(C)c1. The van der Waals surface area contributed by atoms with E-state index in [1.54, 1.807) is 0 Å². The third-order valence-corrected chi connectivity index (χ3v) is 3.44. The molecular weight excluding hydrogens is 184 g/mol. The highest BCUT2D eigenvalue weighted by Gasteiger charge is 2.22. The first-order valence-electron chi connectivity index (χ1n) is 5.88. The predicted molar refractivity (Wildman–Crippen MR) is 62.7 cm³/mol. The van der Waals surface area contributed by atoms with Gasteiger partial charge in [-0.3, -0.25) is 4.98 Å². The van der Waals surface area contributed by atoms with Crippen molar-refractivity contribution in [2.75, 3.05) is 7.05 Å². The molecule has 0 radical (unpaired) electrons. The maximum absolute atomic E-state index is 4.26. The molecule has 2 nitrogen and oxygen atoms in total. The average molecular weight is 204 g/mol. The Balaban J connectivity index is 2.04. The summed E-state index contributed by atoms with van der Waals surface area (Å²) in [5.74, 6) is 0.933. The van der Waals surface area contributed by atoms with Gasteiger partial charge in [0.25, 0.3) is 0 Å². The van der Waals surface area contributed by atoms with E-state index in [0.29, 0.717) is 6.04 Å². The largest absolute Gasteiger partial charge is 0.313 e. The average Bonchev–Trinajstić information content (AvgIpc) is 2.16. The Morgan fingerprint density at radius 1 is 1.47 bits per heavy atom. The molecule has 15 heavy (non-hydrogen) atoms. The zero-order valence-electron chi connectivity index (χ0n) is 9.66. The first-order chi connectivity index (χ1) is 7.29. The maximum atomic E-state index is 4.26. The van der Waals surface area contributed by atoms with Gasteiger partial charge in [-0.15, -0.1) is 0 Å². The Hall–Kier alpha value is -0.890. The van der Waals surface area contributed by atoms with Gasteiger partial charge >= 0.3 is 0 Å². The highest BCUT2D eigenvalue weighted by molar-refractivity contribution is 5.20. The van der Waals surface area contributed by atoms with Gasteiger partial charge in [-0.2, -0.15) is 0 Å². The smallest absolute Gasteiger partial charge is 0.0335 e. The van der Waals surface area contributed by atoms with Crippen molar-refractivity contribution in [1.82, 2.24) is 10.3 Å². The lowest BCUT2D eigenvalue weighted by Gasteiger charge is -2.29. The second-order valence-electron chi connectivity index (χ2n) is 4.67. The van der Waals surface area contributed by atoms with Crippen LogP contribution in [0.1, 0.15) is 42.9 Å². The van der Waals surface area contributed by atoms with Crippen LogP contribution in [0.25, 0.3) is 0 Å². The highest BCUT2D eigenvalue weighted by atomic mass is 14.9. The third-order valence-electron chi connectivity index (χ3n) is 3.44.